The van der Waals surface area contributed by atoms with Crippen molar-refractivity contribution in [2.24, 2.45) is 0 Å². The topological polar surface area (TPSA) is 86.8 Å². The lowest BCUT2D eigenvalue weighted by Gasteiger charge is -2.34. The number of amides is 2. The summed E-state index contributed by atoms with van der Waals surface area (Å²) in [6.07, 6.45) is 0.170. The van der Waals surface area contributed by atoms with E-state index >= 15 is 4.39 Å². The van der Waals surface area contributed by atoms with Crippen molar-refractivity contribution in [1.82, 2.24) is 10.2 Å². The maximum atomic E-state index is 15.1. The van der Waals surface area contributed by atoms with Crippen LogP contribution in [0.1, 0.15) is 25.0 Å². The first-order valence-electron chi connectivity index (χ1n) is 13.8. The molecule has 0 bridgehead atoms. The minimum Gasteiger partial charge on any atom is -0.352 e. The second-order valence-corrected chi connectivity index (χ2v) is 12.6. The number of carbonyl (C=O) groups is 2. The predicted molar refractivity (Wildman–Crippen MR) is 167 cm³/mol. The fourth-order valence-corrected chi connectivity index (χ4v) is 6.18. The predicted octanol–water partition coefficient (Wildman–Crippen LogP) is 5.84. The SMILES string of the molecule is CC(C)NC(=O)[C@H](Cc1ccccc1)N(Cc1ccc(Cl)cc1)C(=O)CN(c1ccccc1F)S(=O)(=O)c1ccccc1. The molecule has 7 nitrogen and oxygen atoms in total. The molecule has 4 rings (SSSR count). The Morgan fingerprint density at radius 2 is 1.40 bits per heavy atom. The molecule has 0 unspecified atom stereocenters. The van der Waals surface area contributed by atoms with E-state index in [4.69, 9.17) is 11.6 Å². The third-order valence-corrected chi connectivity index (χ3v) is 8.73. The van der Waals surface area contributed by atoms with Gasteiger partial charge in [-0.3, -0.25) is 13.9 Å². The van der Waals surface area contributed by atoms with Crippen LogP contribution in [0.4, 0.5) is 10.1 Å². The number of carbonyl (C=O) groups excluding carboxylic acids is 2. The highest BCUT2D eigenvalue weighted by atomic mass is 35.5. The molecule has 0 fully saturated rings. The Labute approximate surface area is 257 Å². The number of benzene rings is 4. The van der Waals surface area contributed by atoms with Gasteiger partial charge >= 0.3 is 0 Å². The van der Waals surface area contributed by atoms with Crippen molar-refractivity contribution in [1.29, 1.82) is 0 Å². The van der Waals surface area contributed by atoms with Crippen LogP contribution in [0.5, 0.6) is 0 Å². The fraction of sp³-hybridized carbons (Fsp3) is 0.212. The van der Waals surface area contributed by atoms with Gasteiger partial charge in [0.25, 0.3) is 10.0 Å². The number of nitrogens with one attached hydrogen (secondary N) is 1. The van der Waals surface area contributed by atoms with Crippen LogP contribution in [0.25, 0.3) is 0 Å². The number of sulfonamides is 1. The molecule has 1 atom stereocenters. The molecular formula is C33H33ClFN3O4S. The van der Waals surface area contributed by atoms with E-state index in [9.17, 15) is 18.0 Å². The van der Waals surface area contributed by atoms with Gasteiger partial charge < -0.3 is 10.2 Å². The van der Waals surface area contributed by atoms with Crippen LogP contribution in [0.3, 0.4) is 0 Å². The monoisotopic (exact) mass is 621 g/mol. The lowest BCUT2D eigenvalue weighted by Crippen LogP contribution is -2.54. The fourth-order valence-electron chi connectivity index (χ4n) is 4.61. The van der Waals surface area contributed by atoms with Crippen LogP contribution in [0.15, 0.2) is 114 Å². The molecule has 4 aromatic carbocycles. The van der Waals surface area contributed by atoms with Crippen LogP contribution in [0.2, 0.25) is 5.02 Å². The third-order valence-electron chi connectivity index (χ3n) is 6.70. The molecule has 0 saturated heterocycles. The molecule has 0 aliphatic carbocycles. The highest BCUT2D eigenvalue weighted by molar-refractivity contribution is 7.92. The largest absolute Gasteiger partial charge is 0.352 e. The Bertz CT molecular complexity index is 1640. The molecule has 0 aromatic heterocycles. The number of anilines is 1. The molecule has 0 radical (unpaired) electrons. The van der Waals surface area contributed by atoms with E-state index in [1.807, 2.05) is 44.2 Å². The second-order valence-electron chi connectivity index (χ2n) is 10.3. The van der Waals surface area contributed by atoms with Crippen LogP contribution in [0, 0.1) is 5.82 Å². The van der Waals surface area contributed by atoms with Gasteiger partial charge in [-0.1, -0.05) is 84.4 Å². The van der Waals surface area contributed by atoms with Crippen molar-refractivity contribution >= 4 is 39.1 Å². The van der Waals surface area contributed by atoms with E-state index in [0.717, 1.165) is 15.9 Å². The van der Waals surface area contributed by atoms with Crippen molar-refractivity contribution in [3.05, 3.63) is 131 Å². The summed E-state index contributed by atoms with van der Waals surface area (Å²) in [5, 5.41) is 3.40. The van der Waals surface area contributed by atoms with Crippen molar-refractivity contribution in [2.75, 3.05) is 10.8 Å². The number of hydrogen-bond donors (Lipinski definition) is 1. The summed E-state index contributed by atoms with van der Waals surface area (Å²) >= 11 is 6.09. The van der Waals surface area contributed by atoms with Gasteiger partial charge in [0.05, 0.1) is 10.6 Å². The highest BCUT2D eigenvalue weighted by Gasteiger charge is 2.35. The number of para-hydroxylation sites is 1. The summed E-state index contributed by atoms with van der Waals surface area (Å²) in [7, 11) is -4.38. The lowest BCUT2D eigenvalue weighted by molar-refractivity contribution is -0.140. The van der Waals surface area contributed by atoms with Crippen molar-refractivity contribution in [3.63, 3.8) is 0 Å². The average Bonchev–Trinajstić information content (AvgIpc) is 2.99. The van der Waals surface area contributed by atoms with Gasteiger partial charge in [-0.15, -0.1) is 0 Å². The second kappa shape index (κ2) is 14.3. The Hall–Kier alpha value is -4.21. The van der Waals surface area contributed by atoms with Crippen molar-refractivity contribution in [2.45, 2.75) is 43.8 Å². The molecule has 0 aliphatic heterocycles. The normalized spacial score (nSPS) is 12.0. The Kier molecular flexibility index (Phi) is 10.6. The maximum Gasteiger partial charge on any atom is 0.264 e. The van der Waals surface area contributed by atoms with Crippen LogP contribution < -0.4 is 9.62 Å². The quantitative estimate of drug-likeness (QED) is 0.215. The average molecular weight is 622 g/mol. The maximum absolute atomic E-state index is 15.1. The number of halogens is 2. The molecule has 2 amide bonds. The van der Waals surface area contributed by atoms with E-state index < -0.39 is 40.2 Å². The Morgan fingerprint density at radius 1 is 0.814 bits per heavy atom. The minimum absolute atomic E-state index is 0.0183. The smallest absolute Gasteiger partial charge is 0.264 e. The van der Waals surface area contributed by atoms with Gasteiger partial charge in [0.2, 0.25) is 11.8 Å². The van der Waals surface area contributed by atoms with E-state index in [1.165, 1.54) is 35.2 Å². The molecule has 0 aliphatic rings. The van der Waals surface area contributed by atoms with Gasteiger partial charge in [-0.25, -0.2) is 12.8 Å². The van der Waals surface area contributed by atoms with Crippen LogP contribution in [-0.4, -0.2) is 43.8 Å². The van der Waals surface area contributed by atoms with Gasteiger partial charge in [0.1, 0.15) is 18.4 Å². The molecule has 10 heteroatoms. The molecular weight excluding hydrogens is 589 g/mol. The van der Waals surface area contributed by atoms with Gasteiger partial charge in [-0.2, -0.15) is 0 Å². The Morgan fingerprint density at radius 3 is 2.00 bits per heavy atom. The molecule has 0 saturated carbocycles. The minimum atomic E-state index is -4.38. The molecule has 43 heavy (non-hydrogen) atoms. The van der Waals surface area contributed by atoms with Crippen molar-refractivity contribution < 1.29 is 22.4 Å². The zero-order chi connectivity index (χ0) is 31.0. The highest BCUT2D eigenvalue weighted by Crippen LogP contribution is 2.27. The third kappa shape index (κ3) is 8.21. The summed E-state index contributed by atoms with van der Waals surface area (Å²) in [6, 6.07) is 27.7. The lowest BCUT2D eigenvalue weighted by atomic mass is 10.0. The first kappa shape index (κ1) is 31.7. The standard InChI is InChI=1S/C33H33ClFN3O4S/c1-24(2)36-33(40)31(21-25-11-5-3-6-12-25)37(22-26-17-19-27(34)20-18-26)32(39)23-38(30-16-10-9-15-29(30)35)43(41,42)28-13-7-4-8-14-28/h3-20,24,31H,21-23H2,1-2H3,(H,36,40)/t31-/m0/s1. The molecule has 0 spiro atoms. The zero-order valence-corrected chi connectivity index (χ0v) is 25.4. The summed E-state index contributed by atoms with van der Waals surface area (Å²) < 4.78 is 43.6. The van der Waals surface area contributed by atoms with E-state index in [2.05, 4.69) is 5.32 Å². The summed E-state index contributed by atoms with van der Waals surface area (Å²) in [5.41, 5.74) is 1.21. The van der Waals surface area contributed by atoms with E-state index in [1.54, 1.807) is 42.5 Å². The summed E-state index contributed by atoms with van der Waals surface area (Å²) in [4.78, 5) is 29.2. The van der Waals surface area contributed by atoms with Crippen LogP contribution in [-0.2, 0) is 32.6 Å². The van der Waals surface area contributed by atoms with Gasteiger partial charge in [0.15, 0.2) is 0 Å². The van der Waals surface area contributed by atoms with Crippen LogP contribution >= 0.6 is 11.6 Å². The van der Waals surface area contributed by atoms with E-state index in [0.29, 0.717) is 10.6 Å². The molecule has 0 heterocycles. The zero-order valence-electron chi connectivity index (χ0n) is 23.9. The first-order valence-corrected chi connectivity index (χ1v) is 15.6. The summed E-state index contributed by atoms with van der Waals surface area (Å²) in [6.45, 7) is 2.87. The Balaban J connectivity index is 1.80. The number of rotatable bonds is 12. The number of hydrogen-bond acceptors (Lipinski definition) is 4. The molecule has 4 aromatic rings. The van der Waals surface area contributed by atoms with Gasteiger partial charge in [0, 0.05) is 24.0 Å². The van der Waals surface area contributed by atoms with E-state index in [-0.39, 0.29) is 29.6 Å². The summed E-state index contributed by atoms with van der Waals surface area (Å²) in [5.74, 6) is -1.89. The van der Waals surface area contributed by atoms with Gasteiger partial charge in [-0.05, 0) is 61.4 Å². The van der Waals surface area contributed by atoms with Crippen molar-refractivity contribution in [3.8, 4) is 0 Å². The first-order chi connectivity index (χ1) is 20.6. The molecule has 1 N–H and O–H groups in total. The molecule has 224 valence electrons. The number of nitrogens with zero attached hydrogens (tertiary/aromatic N) is 2.